The van der Waals surface area contributed by atoms with E-state index in [0.29, 0.717) is 22.4 Å². The number of carbonyl (C=O) groups is 1. The maximum atomic E-state index is 12.7. The molecule has 0 atom stereocenters. The van der Waals surface area contributed by atoms with Crippen molar-refractivity contribution in [1.29, 1.82) is 5.41 Å². The van der Waals surface area contributed by atoms with Crippen molar-refractivity contribution in [3.63, 3.8) is 0 Å². The number of nitrogens with zero attached hydrogens (tertiary/aromatic N) is 2. The predicted octanol–water partition coefficient (Wildman–Crippen LogP) is 4.32. The van der Waals surface area contributed by atoms with E-state index in [0.717, 1.165) is 11.3 Å². The highest BCUT2D eigenvalue weighted by molar-refractivity contribution is 6.30. The van der Waals surface area contributed by atoms with Gasteiger partial charge in [-0.05, 0) is 54.6 Å². The van der Waals surface area contributed by atoms with Gasteiger partial charge in [0.1, 0.15) is 17.4 Å². The number of carbonyl (C=O) groups excluding carboxylic acids is 1. The molecular formula is C21H20ClN5O2. The summed E-state index contributed by atoms with van der Waals surface area (Å²) in [4.78, 5) is 18.5. The number of phenolic OH excluding ortho intramolecular Hbond substituents is 1. The van der Waals surface area contributed by atoms with Crippen LogP contribution in [0.5, 0.6) is 5.75 Å². The van der Waals surface area contributed by atoms with Gasteiger partial charge in [-0.3, -0.25) is 10.2 Å². The number of amides is 1. The third kappa shape index (κ3) is 5.03. The first kappa shape index (κ1) is 20.2. The van der Waals surface area contributed by atoms with Crippen molar-refractivity contribution in [2.45, 2.75) is 0 Å². The molecule has 0 unspecified atom stereocenters. The van der Waals surface area contributed by atoms with Gasteiger partial charge in [0, 0.05) is 31.5 Å². The largest absolute Gasteiger partial charge is 0.508 e. The Bertz CT molecular complexity index is 1030. The maximum absolute atomic E-state index is 12.7. The highest BCUT2D eigenvalue weighted by atomic mass is 35.5. The van der Waals surface area contributed by atoms with Gasteiger partial charge in [-0.2, -0.15) is 0 Å². The van der Waals surface area contributed by atoms with Crippen molar-refractivity contribution >= 4 is 40.5 Å². The minimum absolute atomic E-state index is 0.0282. The summed E-state index contributed by atoms with van der Waals surface area (Å²) < 4.78 is 0. The summed E-state index contributed by atoms with van der Waals surface area (Å²) in [6.45, 7) is 0. The molecule has 0 aliphatic heterocycles. The predicted molar refractivity (Wildman–Crippen MR) is 116 cm³/mol. The Balaban J connectivity index is 1.82. The molecule has 1 heterocycles. The zero-order valence-electron chi connectivity index (χ0n) is 15.9. The fourth-order valence-electron chi connectivity index (χ4n) is 2.59. The zero-order chi connectivity index (χ0) is 21.0. The number of halogens is 1. The lowest BCUT2D eigenvalue weighted by molar-refractivity contribution is 0.102. The Kier molecular flexibility index (Phi) is 5.99. The van der Waals surface area contributed by atoms with Crippen LogP contribution in [0.15, 0.2) is 60.8 Å². The molecule has 0 radical (unpaired) electrons. The summed E-state index contributed by atoms with van der Waals surface area (Å²) in [5, 5.41) is 24.2. The zero-order valence-corrected chi connectivity index (χ0v) is 16.7. The quantitative estimate of drug-likeness (QED) is 0.285. The number of aromatic hydroxyl groups is 1. The minimum atomic E-state index is -0.427. The van der Waals surface area contributed by atoms with Gasteiger partial charge < -0.3 is 20.6 Å². The first-order valence-corrected chi connectivity index (χ1v) is 9.10. The topological polar surface area (TPSA) is 101 Å². The van der Waals surface area contributed by atoms with Crippen LogP contribution in [0.2, 0.25) is 5.02 Å². The van der Waals surface area contributed by atoms with E-state index in [1.807, 2.05) is 38.4 Å². The first-order valence-electron chi connectivity index (χ1n) is 8.73. The standard InChI is InChI=1S/C21H20ClN5O2/c1-27(2)20(23)13-3-6-15(7-4-13)25-18-9-8-16(28)11-17(18)21(29)26-19-10-5-14(22)12-24-19/h3-12,23,25,28H,1-2H3,(H,24,26,29). The SMILES string of the molecule is CN(C)C(=N)c1ccc(Nc2ccc(O)cc2C(=O)Nc2ccc(Cl)cn2)cc1. The van der Waals surface area contributed by atoms with E-state index in [9.17, 15) is 9.90 Å². The molecule has 0 bridgehead atoms. The number of anilines is 3. The van der Waals surface area contributed by atoms with Crippen LogP contribution in [0.25, 0.3) is 0 Å². The van der Waals surface area contributed by atoms with E-state index >= 15 is 0 Å². The number of pyridine rings is 1. The van der Waals surface area contributed by atoms with Crippen molar-refractivity contribution in [3.8, 4) is 5.75 Å². The molecule has 1 amide bonds. The van der Waals surface area contributed by atoms with Crippen molar-refractivity contribution in [2.24, 2.45) is 0 Å². The molecule has 3 rings (SSSR count). The lowest BCUT2D eigenvalue weighted by Crippen LogP contribution is -2.21. The van der Waals surface area contributed by atoms with Crippen LogP contribution in [0, 0.1) is 5.41 Å². The van der Waals surface area contributed by atoms with E-state index in [2.05, 4.69) is 15.6 Å². The number of rotatable bonds is 5. The second-order valence-corrected chi connectivity index (χ2v) is 6.93. The Labute approximate surface area is 173 Å². The number of amidine groups is 1. The van der Waals surface area contributed by atoms with E-state index in [4.69, 9.17) is 17.0 Å². The Hall–Kier alpha value is -3.58. The van der Waals surface area contributed by atoms with Crippen molar-refractivity contribution in [3.05, 3.63) is 76.9 Å². The maximum Gasteiger partial charge on any atom is 0.259 e. The second-order valence-electron chi connectivity index (χ2n) is 6.49. The molecule has 29 heavy (non-hydrogen) atoms. The summed E-state index contributed by atoms with van der Waals surface area (Å²) in [6.07, 6.45) is 1.44. The molecule has 0 aliphatic rings. The number of phenols is 1. The molecule has 0 saturated carbocycles. The summed E-state index contributed by atoms with van der Waals surface area (Å²) in [5.74, 6) is 0.292. The number of nitrogens with one attached hydrogen (secondary N) is 3. The molecule has 2 aromatic carbocycles. The summed E-state index contributed by atoms with van der Waals surface area (Å²) in [7, 11) is 3.62. The van der Waals surface area contributed by atoms with Crippen LogP contribution in [-0.4, -0.2) is 40.8 Å². The lowest BCUT2D eigenvalue weighted by Gasteiger charge is -2.15. The second kappa shape index (κ2) is 8.62. The summed E-state index contributed by atoms with van der Waals surface area (Å²) >= 11 is 5.82. The Morgan fingerprint density at radius 2 is 1.83 bits per heavy atom. The van der Waals surface area contributed by atoms with E-state index in [1.165, 1.54) is 18.3 Å². The number of aromatic nitrogens is 1. The van der Waals surface area contributed by atoms with E-state index in [1.54, 1.807) is 23.1 Å². The van der Waals surface area contributed by atoms with Crippen LogP contribution in [-0.2, 0) is 0 Å². The van der Waals surface area contributed by atoms with Gasteiger partial charge in [0.15, 0.2) is 0 Å². The summed E-state index contributed by atoms with van der Waals surface area (Å²) in [6, 6.07) is 15.0. The average Bonchev–Trinajstić information content (AvgIpc) is 2.71. The van der Waals surface area contributed by atoms with Gasteiger partial charge in [-0.1, -0.05) is 11.6 Å². The van der Waals surface area contributed by atoms with Crippen LogP contribution >= 0.6 is 11.6 Å². The Morgan fingerprint density at radius 3 is 2.45 bits per heavy atom. The third-order valence-corrected chi connectivity index (χ3v) is 4.32. The van der Waals surface area contributed by atoms with Crippen molar-refractivity contribution in [1.82, 2.24) is 9.88 Å². The van der Waals surface area contributed by atoms with Gasteiger partial charge in [0.05, 0.1) is 16.3 Å². The molecule has 4 N–H and O–H groups in total. The molecule has 3 aromatic rings. The third-order valence-electron chi connectivity index (χ3n) is 4.10. The fourth-order valence-corrected chi connectivity index (χ4v) is 2.70. The van der Waals surface area contributed by atoms with Gasteiger partial charge >= 0.3 is 0 Å². The molecule has 7 nitrogen and oxygen atoms in total. The lowest BCUT2D eigenvalue weighted by atomic mass is 10.1. The minimum Gasteiger partial charge on any atom is -0.508 e. The van der Waals surface area contributed by atoms with Crippen molar-refractivity contribution < 1.29 is 9.90 Å². The molecule has 0 fully saturated rings. The van der Waals surface area contributed by atoms with Crippen LogP contribution in [0.1, 0.15) is 15.9 Å². The molecule has 0 aliphatic carbocycles. The van der Waals surface area contributed by atoms with E-state index < -0.39 is 5.91 Å². The van der Waals surface area contributed by atoms with Gasteiger partial charge in [-0.15, -0.1) is 0 Å². The molecule has 8 heteroatoms. The number of hydrogen-bond donors (Lipinski definition) is 4. The van der Waals surface area contributed by atoms with Gasteiger partial charge in [0.25, 0.3) is 5.91 Å². The smallest absolute Gasteiger partial charge is 0.259 e. The van der Waals surface area contributed by atoms with Crippen LogP contribution < -0.4 is 10.6 Å². The van der Waals surface area contributed by atoms with Crippen molar-refractivity contribution in [2.75, 3.05) is 24.7 Å². The normalized spacial score (nSPS) is 10.3. The van der Waals surface area contributed by atoms with Gasteiger partial charge in [0.2, 0.25) is 0 Å². The average molecular weight is 410 g/mol. The highest BCUT2D eigenvalue weighted by Crippen LogP contribution is 2.26. The number of benzene rings is 2. The monoisotopic (exact) mass is 409 g/mol. The molecular weight excluding hydrogens is 390 g/mol. The number of hydrogen-bond acceptors (Lipinski definition) is 5. The van der Waals surface area contributed by atoms with E-state index in [-0.39, 0.29) is 11.3 Å². The van der Waals surface area contributed by atoms with Gasteiger partial charge in [-0.25, -0.2) is 4.98 Å². The molecule has 0 saturated heterocycles. The highest BCUT2D eigenvalue weighted by Gasteiger charge is 2.14. The molecule has 0 spiro atoms. The molecule has 148 valence electrons. The fraction of sp³-hybridized carbons (Fsp3) is 0.0952. The van der Waals surface area contributed by atoms with Crippen LogP contribution in [0.3, 0.4) is 0 Å². The Morgan fingerprint density at radius 1 is 1.10 bits per heavy atom. The first-order chi connectivity index (χ1) is 13.8. The summed E-state index contributed by atoms with van der Waals surface area (Å²) in [5.41, 5.74) is 2.29. The van der Waals surface area contributed by atoms with Crippen LogP contribution in [0.4, 0.5) is 17.2 Å². The molecule has 1 aromatic heterocycles.